The monoisotopic (exact) mass is 481 g/mol. The van der Waals surface area contributed by atoms with Gasteiger partial charge < -0.3 is 15.5 Å². The van der Waals surface area contributed by atoms with Crippen molar-refractivity contribution in [3.8, 4) is 11.3 Å². The van der Waals surface area contributed by atoms with Gasteiger partial charge >= 0.3 is 0 Å². The Bertz CT molecular complexity index is 1210. The molecule has 0 radical (unpaired) electrons. The molecule has 1 aliphatic heterocycles. The number of likely N-dealkylation sites (N-methyl/N-ethyl adjacent to an activating group) is 1. The first-order valence-electron chi connectivity index (χ1n) is 10.7. The Balaban J connectivity index is 1.36. The molecule has 0 saturated heterocycles. The van der Waals surface area contributed by atoms with E-state index in [2.05, 4.69) is 15.6 Å². The number of halogens is 1. The second kappa shape index (κ2) is 10.1. The number of carbonyl (C=O) groups is 3. The third-order valence-corrected chi connectivity index (χ3v) is 6.09. The van der Waals surface area contributed by atoms with E-state index in [-0.39, 0.29) is 49.1 Å². The van der Waals surface area contributed by atoms with Gasteiger partial charge in [-0.1, -0.05) is 12.1 Å². The van der Waals surface area contributed by atoms with Crippen molar-refractivity contribution < 1.29 is 18.8 Å². The molecule has 10 heteroatoms. The van der Waals surface area contributed by atoms with Crippen LogP contribution in [0.25, 0.3) is 11.3 Å². The number of thiazole rings is 1. The van der Waals surface area contributed by atoms with Gasteiger partial charge in [-0.25, -0.2) is 9.37 Å². The Hall–Kier alpha value is -3.63. The van der Waals surface area contributed by atoms with Gasteiger partial charge in [-0.15, -0.1) is 11.3 Å². The highest BCUT2D eigenvalue weighted by Gasteiger charge is 2.30. The molecule has 0 bridgehead atoms. The number of rotatable bonds is 6. The van der Waals surface area contributed by atoms with Crippen LogP contribution in [0.3, 0.4) is 0 Å². The summed E-state index contributed by atoms with van der Waals surface area (Å²) in [7, 11) is 1.68. The van der Waals surface area contributed by atoms with E-state index in [1.54, 1.807) is 52.6 Å². The summed E-state index contributed by atoms with van der Waals surface area (Å²) >= 11 is 1.27. The molecule has 34 heavy (non-hydrogen) atoms. The molecule has 3 aromatic rings. The van der Waals surface area contributed by atoms with Gasteiger partial charge in [0.15, 0.2) is 5.13 Å². The minimum atomic E-state index is -0.328. The number of nitrogens with zero attached hydrogens (tertiary/aromatic N) is 3. The molecular weight excluding hydrogens is 457 g/mol. The quantitative estimate of drug-likeness (QED) is 0.561. The van der Waals surface area contributed by atoms with Crippen LogP contribution >= 0.6 is 11.3 Å². The molecule has 0 saturated carbocycles. The van der Waals surface area contributed by atoms with E-state index in [0.29, 0.717) is 22.2 Å². The lowest BCUT2D eigenvalue weighted by molar-refractivity contribution is -0.121. The van der Waals surface area contributed by atoms with Crippen LogP contribution in [0.4, 0.5) is 20.9 Å². The highest BCUT2D eigenvalue weighted by atomic mass is 32.1. The van der Waals surface area contributed by atoms with Gasteiger partial charge in [0.25, 0.3) is 0 Å². The number of hydrogen-bond acceptors (Lipinski definition) is 6. The van der Waals surface area contributed by atoms with Crippen LogP contribution in [-0.2, 0) is 14.4 Å². The third kappa shape index (κ3) is 5.46. The van der Waals surface area contributed by atoms with Crippen LogP contribution < -0.4 is 15.5 Å². The van der Waals surface area contributed by atoms with Crippen molar-refractivity contribution in [1.82, 2.24) is 9.88 Å². The molecule has 176 valence electrons. The predicted molar refractivity (Wildman–Crippen MR) is 130 cm³/mol. The number of hydrogen-bond donors (Lipinski definition) is 2. The summed E-state index contributed by atoms with van der Waals surface area (Å²) in [6, 6.07) is 12.8. The fourth-order valence-electron chi connectivity index (χ4n) is 3.82. The molecule has 4 rings (SSSR count). The number of para-hydroxylation sites is 2. The molecule has 3 amide bonds. The maximum absolute atomic E-state index is 13.1. The Morgan fingerprint density at radius 2 is 1.94 bits per heavy atom. The number of amides is 3. The molecule has 0 aliphatic carbocycles. The standard InChI is InChI=1S/C24H24FN5O3S/c1-15-11-21(31)26-18-5-3-4-6-20(18)30(15)23(33)13-29(2)12-22(32)28-24-27-19(14-34-24)16-7-9-17(25)10-8-16/h3-10,14-15H,11-13H2,1-2H3,(H,26,31)(H,27,28,32). The molecule has 2 heterocycles. The molecule has 0 fully saturated rings. The van der Waals surface area contributed by atoms with Gasteiger partial charge in [-0.3, -0.25) is 19.3 Å². The SMILES string of the molecule is CC1CC(=O)Nc2ccccc2N1C(=O)CN(C)CC(=O)Nc1nc(-c2ccc(F)cc2)cs1. The van der Waals surface area contributed by atoms with Crippen LogP contribution in [0.15, 0.2) is 53.9 Å². The topological polar surface area (TPSA) is 94.6 Å². The van der Waals surface area contributed by atoms with Gasteiger partial charge in [0.2, 0.25) is 17.7 Å². The first kappa shape index (κ1) is 23.5. The van der Waals surface area contributed by atoms with E-state index in [1.165, 1.54) is 23.5 Å². The van der Waals surface area contributed by atoms with Crippen molar-refractivity contribution in [2.45, 2.75) is 19.4 Å². The average molecular weight is 482 g/mol. The van der Waals surface area contributed by atoms with Crippen LogP contribution in [0, 0.1) is 5.82 Å². The summed E-state index contributed by atoms with van der Waals surface area (Å²) < 4.78 is 13.1. The zero-order chi connectivity index (χ0) is 24.2. The van der Waals surface area contributed by atoms with E-state index in [4.69, 9.17) is 0 Å². The number of fused-ring (bicyclic) bond motifs is 1. The highest BCUT2D eigenvalue weighted by Crippen LogP contribution is 2.31. The Labute approximate surface area is 200 Å². The average Bonchev–Trinajstić information content (AvgIpc) is 3.18. The summed E-state index contributed by atoms with van der Waals surface area (Å²) in [5, 5.41) is 7.77. The Morgan fingerprint density at radius 1 is 1.21 bits per heavy atom. The minimum absolute atomic E-state index is 0.00101. The number of aromatic nitrogens is 1. The molecule has 1 aromatic heterocycles. The first-order chi connectivity index (χ1) is 16.3. The van der Waals surface area contributed by atoms with Gasteiger partial charge in [0.1, 0.15) is 5.82 Å². The summed E-state index contributed by atoms with van der Waals surface area (Å²) in [4.78, 5) is 45.4. The largest absolute Gasteiger partial charge is 0.324 e. The van der Waals surface area contributed by atoms with E-state index in [1.807, 2.05) is 13.0 Å². The Morgan fingerprint density at radius 3 is 2.71 bits per heavy atom. The zero-order valence-corrected chi connectivity index (χ0v) is 19.6. The number of benzene rings is 2. The second-order valence-electron chi connectivity index (χ2n) is 8.15. The lowest BCUT2D eigenvalue weighted by atomic mass is 10.1. The van der Waals surface area contributed by atoms with Crippen LogP contribution in [0.2, 0.25) is 0 Å². The van der Waals surface area contributed by atoms with E-state index < -0.39 is 0 Å². The van der Waals surface area contributed by atoms with Crippen molar-refractivity contribution in [2.75, 3.05) is 35.7 Å². The van der Waals surface area contributed by atoms with Crippen LogP contribution in [0.5, 0.6) is 0 Å². The van der Waals surface area contributed by atoms with Gasteiger partial charge in [0, 0.05) is 23.4 Å². The van der Waals surface area contributed by atoms with Gasteiger partial charge in [0.05, 0.1) is 30.2 Å². The van der Waals surface area contributed by atoms with Gasteiger partial charge in [-0.2, -0.15) is 0 Å². The van der Waals surface area contributed by atoms with E-state index >= 15 is 0 Å². The lowest BCUT2D eigenvalue weighted by Gasteiger charge is -2.29. The maximum Gasteiger partial charge on any atom is 0.241 e. The summed E-state index contributed by atoms with van der Waals surface area (Å²) in [6.45, 7) is 1.81. The molecule has 8 nitrogen and oxygen atoms in total. The van der Waals surface area contributed by atoms with Gasteiger partial charge in [-0.05, 0) is 50.4 Å². The molecule has 0 spiro atoms. The Kier molecular flexibility index (Phi) is 6.99. The summed E-state index contributed by atoms with van der Waals surface area (Å²) in [5.74, 6) is -0.992. The highest BCUT2D eigenvalue weighted by molar-refractivity contribution is 7.14. The third-order valence-electron chi connectivity index (χ3n) is 5.34. The van der Waals surface area contributed by atoms with Crippen LogP contribution in [-0.4, -0.2) is 53.8 Å². The second-order valence-corrected chi connectivity index (χ2v) is 9.01. The first-order valence-corrected chi connectivity index (χ1v) is 11.6. The molecule has 2 aromatic carbocycles. The molecule has 1 unspecified atom stereocenters. The smallest absolute Gasteiger partial charge is 0.241 e. The van der Waals surface area contributed by atoms with Crippen molar-refractivity contribution >= 4 is 45.6 Å². The minimum Gasteiger partial charge on any atom is -0.324 e. The van der Waals surface area contributed by atoms with Crippen molar-refractivity contribution in [2.24, 2.45) is 0 Å². The van der Waals surface area contributed by atoms with Crippen molar-refractivity contribution in [3.63, 3.8) is 0 Å². The fourth-order valence-corrected chi connectivity index (χ4v) is 4.56. The summed E-state index contributed by atoms with van der Waals surface area (Å²) in [5.41, 5.74) is 2.62. The molecule has 2 N–H and O–H groups in total. The maximum atomic E-state index is 13.1. The summed E-state index contributed by atoms with van der Waals surface area (Å²) in [6.07, 6.45) is 0.186. The number of nitrogens with one attached hydrogen (secondary N) is 2. The zero-order valence-electron chi connectivity index (χ0n) is 18.7. The molecule has 1 atom stereocenters. The lowest BCUT2D eigenvalue weighted by Crippen LogP contribution is -2.45. The van der Waals surface area contributed by atoms with Crippen molar-refractivity contribution in [1.29, 1.82) is 0 Å². The number of carbonyl (C=O) groups excluding carboxylic acids is 3. The fraction of sp³-hybridized carbons (Fsp3) is 0.250. The van der Waals surface area contributed by atoms with Crippen molar-refractivity contribution in [3.05, 3.63) is 59.7 Å². The van der Waals surface area contributed by atoms with Crippen LogP contribution in [0.1, 0.15) is 13.3 Å². The number of anilines is 3. The molecular formula is C24H24FN5O3S. The predicted octanol–water partition coefficient (Wildman–Crippen LogP) is 3.58. The normalized spacial score (nSPS) is 15.5. The van der Waals surface area contributed by atoms with E-state index in [0.717, 1.165) is 5.56 Å². The van der Waals surface area contributed by atoms with E-state index in [9.17, 15) is 18.8 Å². The molecule has 1 aliphatic rings.